The van der Waals surface area contributed by atoms with Crippen molar-refractivity contribution >= 4 is 11.6 Å². The number of aryl methyl sites for hydroxylation is 1. The van der Waals surface area contributed by atoms with Crippen molar-refractivity contribution in [3.63, 3.8) is 0 Å². The molecule has 1 aliphatic rings. The highest BCUT2D eigenvalue weighted by molar-refractivity contribution is 6.31. The van der Waals surface area contributed by atoms with Crippen LogP contribution >= 0.6 is 11.6 Å². The lowest BCUT2D eigenvalue weighted by atomic mass is 9.77. The monoisotopic (exact) mass is 239 g/mol. The van der Waals surface area contributed by atoms with Crippen LogP contribution in [0.4, 0.5) is 0 Å². The van der Waals surface area contributed by atoms with Crippen LogP contribution < -0.4 is 5.73 Å². The number of benzene rings is 1. The smallest absolute Gasteiger partial charge is 0.0564 e. The van der Waals surface area contributed by atoms with Crippen molar-refractivity contribution in [1.82, 2.24) is 0 Å². The summed E-state index contributed by atoms with van der Waals surface area (Å²) in [7, 11) is 0. The minimum atomic E-state index is 0.0894. The van der Waals surface area contributed by atoms with Crippen LogP contribution in [0.5, 0.6) is 0 Å². The maximum absolute atomic E-state index is 6.18. The largest absolute Gasteiger partial charge is 0.380 e. The molecule has 1 atom stereocenters. The molecule has 2 nitrogen and oxygen atoms in total. The molecule has 3 heteroatoms. The van der Waals surface area contributed by atoms with Crippen LogP contribution in [0.2, 0.25) is 5.02 Å². The van der Waals surface area contributed by atoms with Gasteiger partial charge in [0, 0.05) is 17.0 Å². The Labute approximate surface area is 102 Å². The van der Waals surface area contributed by atoms with Gasteiger partial charge in [0.1, 0.15) is 0 Å². The van der Waals surface area contributed by atoms with Crippen molar-refractivity contribution in [2.45, 2.75) is 25.2 Å². The third-order valence-corrected chi connectivity index (χ3v) is 3.92. The van der Waals surface area contributed by atoms with Gasteiger partial charge >= 0.3 is 0 Å². The summed E-state index contributed by atoms with van der Waals surface area (Å²) in [6, 6.07) is 6.31. The number of rotatable bonds is 3. The summed E-state index contributed by atoms with van der Waals surface area (Å²) in [6.07, 6.45) is 2.01. The summed E-state index contributed by atoms with van der Waals surface area (Å²) in [5, 5.41) is 0.834. The van der Waals surface area contributed by atoms with E-state index >= 15 is 0 Å². The van der Waals surface area contributed by atoms with E-state index in [9.17, 15) is 0 Å². The van der Waals surface area contributed by atoms with Crippen LogP contribution in [0.1, 0.15) is 24.0 Å². The first-order valence-electron chi connectivity index (χ1n) is 5.72. The Morgan fingerprint density at radius 2 is 2.31 bits per heavy atom. The summed E-state index contributed by atoms with van der Waals surface area (Å²) in [4.78, 5) is 0. The molecular formula is C13H18ClNO. The summed E-state index contributed by atoms with van der Waals surface area (Å²) in [5.41, 5.74) is 8.19. The molecule has 0 bridgehead atoms. The maximum atomic E-state index is 6.18. The van der Waals surface area contributed by atoms with E-state index in [1.165, 1.54) is 5.56 Å². The zero-order chi connectivity index (χ0) is 11.6. The average molecular weight is 240 g/mol. The molecule has 0 amide bonds. The Kier molecular flexibility index (Phi) is 3.53. The quantitative estimate of drug-likeness (QED) is 0.880. The van der Waals surface area contributed by atoms with Crippen LogP contribution in [0.15, 0.2) is 18.2 Å². The zero-order valence-electron chi connectivity index (χ0n) is 9.63. The fourth-order valence-corrected chi connectivity index (χ4v) is 2.56. The van der Waals surface area contributed by atoms with Gasteiger partial charge in [-0.25, -0.2) is 0 Å². The van der Waals surface area contributed by atoms with E-state index in [0.29, 0.717) is 6.54 Å². The second-order valence-electron chi connectivity index (χ2n) is 4.59. The molecule has 1 aromatic carbocycles. The second-order valence-corrected chi connectivity index (χ2v) is 4.99. The fourth-order valence-electron chi connectivity index (χ4n) is 2.38. The van der Waals surface area contributed by atoms with Crippen molar-refractivity contribution in [3.8, 4) is 0 Å². The Bertz CT molecular complexity index is 372. The van der Waals surface area contributed by atoms with E-state index in [0.717, 1.165) is 36.6 Å². The third kappa shape index (κ3) is 2.10. The topological polar surface area (TPSA) is 35.2 Å². The van der Waals surface area contributed by atoms with Crippen molar-refractivity contribution in [2.75, 3.05) is 19.8 Å². The predicted octanol–water partition coefficient (Wildman–Crippen LogP) is 2.66. The number of nitrogens with two attached hydrogens (primary N) is 1. The van der Waals surface area contributed by atoms with Gasteiger partial charge in [-0.3, -0.25) is 0 Å². The van der Waals surface area contributed by atoms with Crippen molar-refractivity contribution < 1.29 is 4.74 Å². The van der Waals surface area contributed by atoms with Gasteiger partial charge in [0.2, 0.25) is 0 Å². The first-order valence-corrected chi connectivity index (χ1v) is 6.10. The fraction of sp³-hybridized carbons (Fsp3) is 0.538. The van der Waals surface area contributed by atoms with Gasteiger partial charge in [-0.05, 0) is 43.5 Å². The molecule has 0 radical (unpaired) electrons. The van der Waals surface area contributed by atoms with Gasteiger partial charge in [-0.15, -0.1) is 0 Å². The number of hydrogen-bond acceptors (Lipinski definition) is 2. The van der Waals surface area contributed by atoms with E-state index in [-0.39, 0.29) is 5.41 Å². The van der Waals surface area contributed by atoms with Gasteiger partial charge in [0.15, 0.2) is 0 Å². The zero-order valence-corrected chi connectivity index (χ0v) is 10.4. The molecule has 0 spiro atoms. The molecule has 1 aromatic rings. The van der Waals surface area contributed by atoms with E-state index in [2.05, 4.69) is 18.2 Å². The Balaban J connectivity index is 2.35. The van der Waals surface area contributed by atoms with Crippen LogP contribution in [0.3, 0.4) is 0 Å². The number of ether oxygens (including phenoxy) is 1. The SMILES string of the molecule is Cc1ccc(C2(CCN)CCOC2)cc1Cl. The molecule has 1 unspecified atom stereocenters. The van der Waals surface area contributed by atoms with Crippen LogP contribution in [-0.4, -0.2) is 19.8 Å². The highest BCUT2D eigenvalue weighted by atomic mass is 35.5. The number of halogens is 1. The van der Waals surface area contributed by atoms with E-state index in [1.807, 2.05) is 6.92 Å². The van der Waals surface area contributed by atoms with Crippen LogP contribution in [-0.2, 0) is 10.2 Å². The highest BCUT2D eigenvalue weighted by Gasteiger charge is 2.36. The predicted molar refractivity (Wildman–Crippen MR) is 67.0 cm³/mol. The summed E-state index contributed by atoms with van der Waals surface area (Å²) in [5.74, 6) is 0. The average Bonchev–Trinajstić information content (AvgIpc) is 2.72. The summed E-state index contributed by atoms with van der Waals surface area (Å²) < 4.78 is 5.54. The maximum Gasteiger partial charge on any atom is 0.0564 e. The molecule has 2 rings (SSSR count). The second kappa shape index (κ2) is 4.74. The Morgan fingerprint density at radius 3 is 2.88 bits per heavy atom. The molecule has 1 heterocycles. The Morgan fingerprint density at radius 1 is 1.50 bits per heavy atom. The van der Waals surface area contributed by atoms with Gasteiger partial charge in [0.25, 0.3) is 0 Å². The Hall–Kier alpha value is -0.570. The molecule has 16 heavy (non-hydrogen) atoms. The number of hydrogen-bond donors (Lipinski definition) is 1. The lowest BCUT2D eigenvalue weighted by molar-refractivity contribution is 0.175. The van der Waals surface area contributed by atoms with Gasteiger partial charge in [-0.2, -0.15) is 0 Å². The first kappa shape index (κ1) is 11.9. The lowest BCUT2D eigenvalue weighted by Gasteiger charge is -2.27. The van der Waals surface area contributed by atoms with Gasteiger partial charge < -0.3 is 10.5 Å². The van der Waals surface area contributed by atoms with Crippen molar-refractivity contribution in [3.05, 3.63) is 34.3 Å². The standard InChI is InChI=1S/C13H18ClNO/c1-10-2-3-11(8-12(10)14)13(4-6-15)5-7-16-9-13/h2-3,8H,4-7,9,15H2,1H3. The van der Waals surface area contributed by atoms with E-state index in [1.54, 1.807) is 0 Å². The molecule has 1 saturated heterocycles. The lowest BCUT2D eigenvalue weighted by Crippen LogP contribution is -2.29. The first-order chi connectivity index (χ1) is 7.68. The molecule has 0 aromatic heterocycles. The molecular weight excluding hydrogens is 222 g/mol. The van der Waals surface area contributed by atoms with E-state index < -0.39 is 0 Å². The molecule has 1 fully saturated rings. The minimum Gasteiger partial charge on any atom is -0.380 e. The molecule has 88 valence electrons. The third-order valence-electron chi connectivity index (χ3n) is 3.51. The van der Waals surface area contributed by atoms with E-state index in [4.69, 9.17) is 22.1 Å². The normalized spacial score (nSPS) is 24.9. The van der Waals surface area contributed by atoms with Crippen LogP contribution in [0, 0.1) is 6.92 Å². The van der Waals surface area contributed by atoms with Gasteiger partial charge in [-0.1, -0.05) is 23.7 Å². The van der Waals surface area contributed by atoms with Gasteiger partial charge in [0.05, 0.1) is 6.61 Å². The minimum absolute atomic E-state index is 0.0894. The van der Waals surface area contributed by atoms with Crippen LogP contribution in [0.25, 0.3) is 0 Å². The molecule has 2 N–H and O–H groups in total. The van der Waals surface area contributed by atoms with Crippen molar-refractivity contribution in [2.24, 2.45) is 5.73 Å². The molecule has 0 aliphatic carbocycles. The highest BCUT2D eigenvalue weighted by Crippen LogP contribution is 2.37. The summed E-state index contributed by atoms with van der Waals surface area (Å²) >= 11 is 6.18. The molecule has 1 aliphatic heterocycles. The summed E-state index contributed by atoms with van der Waals surface area (Å²) in [6.45, 7) is 4.30. The van der Waals surface area contributed by atoms with Crippen molar-refractivity contribution in [1.29, 1.82) is 0 Å². The molecule has 0 saturated carbocycles.